The molecule has 0 saturated carbocycles. The van der Waals surface area contributed by atoms with Gasteiger partial charge in [0.15, 0.2) is 0 Å². The van der Waals surface area contributed by atoms with Crippen LogP contribution in [-0.4, -0.2) is 11.2 Å². The van der Waals surface area contributed by atoms with Gasteiger partial charge in [0.1, 0.15) is 0 Å². The summed E-state index contributed by atoms with van der Waals surface area (Å²) in [7, 11) is 0. The summed E-state index contributed by atoms with van der Waals surface area (Å²) in [6, 6.07) is 0. The lowest BCUT2D eigenvalue weighted by Gasteiger charge is -1.96. The van der Waals surface area contributed by atoms with Gasteiger partial charge < -0.3 is 5.11 Å². The molecule has 0 spiro atoms. The Labute approximate surface area is 51.0 Å². The number of hydrogen-bond acceptors (Lipinski definition) is 1. The van der Waals surface area contributed by atoms with Gasteiger partial charge in [-0.3, -0.25) is 0 Å². The Bertz CT molecular complexity index is 78.4. The van der Waals surface area contributed by atoms with Crippen molar-refractivity contribution in [1.82, 2.24) is 0 Å². The summed E-state index contributed by atoms with van der Waals surface area (Å²) in [5.41, 5.74) is 1.23. The van der Waals surface area contributed by atoms with Crippen LogP contribution >= 0.6 is 0 Å². The summed E-state index contributed by atoms with van der Waals surface area (Å²) in [5, 5.41) is 8.65. The van der Waals surface area contributed by atoms with E-state index in [0.29, 0.717) is 6.42 Å². The summed E-state index contributed by atoms with van der Waals surface area (Å²) in [4.78, 5) is 0. The first-order valence-corrected chi connectivity index (χ1v) is 2.77. The van der Waals surface area contributed by atoms with Crippen molar-refractivity contribution in [2.45, 2.75) is 26.4 Å². The van der Waals surface area contributed by atoms with Gasteiger partial charge in [0.05, 0.1) is 6.10 Å². The molecular weight excluding hydrogens is 100 g/mol. The van der Waals surface area contributed by atoms with Crippen molar-refractivity contribution in [3.05, 3.63) is 18.6 Å². The zero-order chi connectivity index (χ0) is 6.57. The molecule has 0 aliphatic carbocycles. The SMILES string of the molecule is [CH2]C(O)CC=C(C)C. The Morgan fingerprint density at radius 2 is 2.25 bits per heavy atom. The second-order valence-corrected chi connectivity index (χ2v) is 2.17. The number of aliphatic hydroxyl groups is 1. The van der Waals surface area contributed by atoms with E-state index in [1.807, 2.05) is 19.9 Å². The number of rotatable bonds is 2. The molecule has 0 amide bonds. The molecule has 47 valence electrons. The lowest BCUT2D eigenvalue weighted by atomic mass is 10.2. The lowest BCUT2D eigenvalue weighted by molar-refractivity contribution is 0.224. The van der Waals surface area contributed by atoms with Crippen LogP contribution in [0.1, 0.15) is 20.3 Å². The average molecular weight is 113 g/mol. The van der Waals surface area contributed by atoms with Gasteiger partial charge in [0.25, 0.3) is 0 Å². The maximum absolute atomic E-state index is 8.65. The first-order valence-electron chi connectivity index (χ1n) is 2.77. The summed E-state index contributed by atoms with van der Waals surface area (Å²) in [6.07, 6.45) is 2.20. The molecule has 8 heavy (non-hydrogen) atoms. The largest absolute Gasteiger partial charge is 0.393 e. The molecular formula is C7H13O. The van der Waals surface area contributed by atoms with Crippen LogP contribution in [0.15, 0.2) is 11.6 Å². The molecule has 1 N–H and O–H groups in total. The molecule has 1 atom stereocenters. The normalized spacial score (nSPS) is 13.0. The number of aliphatic hydroxyl groups excluding tert-OH is 1. The Morgan fingerprint density at radius 1 is 1.75 bits per heavy atom. The van der Waals surface area contributed by atoms with E-state index in [9.17, 15) is 0 Å². The fraction of sp³-hybridized carbons (Fsp3) is 0.571. The maximum atomic E-state index is 8.65. The fourth-order valence-corrected chi connectivity index (χ4v) is 0.372. The molecule has 0 aromatic heterocycles. The molecule has 0 aromatic rings. The van der Waals surface area contributed by atoms with Crippen LogP contribution in [0, 0.1) is 6.92 Å². The van der Waals surface area contributed by atoms with Crippen LogP contribution in [0.3, 0.4) is 0 Å². The molecule has 0 bridgehead atoms. The van der Waals surface area contributed by atoms with Gasteiger partial charge >= 0.3 is 0 Å². The predicted octanol–water partition coefficient (Wildman–Crippen LogP) is 1.54. The van der Waals surface area contributed by atoms with E-state index in [-0.39, 0.29) is 0 Å². The molecule has 0 saturated heterocycles. The number of hydrogen-bond donors (Lipinski definition) is 1. The molecule has 1 nitrogen and oxygen atoms in total. The van der Waals surface area contributed by atoms with Crippen LogP contribution in [0.4, 0.5) is 0 Å². The van der Waals surface area contributed by atoms with Crippen molar-refractivity contribution in [2.75, 3.05) is 0 Å². The van der Waals surface area contributed by atoms with Crippen LogP contribution in [0.2, 0.25) is 0 Å². The fourth-order valence-electron chi connectivity index (χ4n) is 0.372. The van der Waals surface area contributed by atoms with Crippen LogP contribution in [0.25, 0.3) is 0 Å². The standard InChI is InChI=1S/C7H13O/c1-6(2)4-5-7(3)8/h4,7-8H,3,5H2,1-2H3. The Balaban J connectivity index is 3.29. The minimum atomic E-state index is -0.440. The monoisotopic (exact) mass is 113 g/mol. The van der Waals surface area contributed by atoms with Crippen LogP contribution in [-0.2, 0) is 0 Å². The van der Waals surface area contributed by atoms with E-state index in [2.05, 4.69) is 6.92 Å². The predicted molar refractivity (Wildman–Crippen MR) is 35.4 cm³/mol. The highest BCUT2D eigenvalue weighted by Gasteiger charge is 1.88. The third-order valence-corrected chi connectivity index (χ3v) is 0.798. The zero-order valence-corrected chi connectivity index (χ0v) is 5.52. The minimum Gasteiger partial charge on any atom is -0.393 e. The molecule has 1 radical (unpaired) electrons. The first kappa shape index (κ1) is 7.70. The summed E-state index contributed by atoms with van der Waals surface area (Å²) in [6.45, 7) is 7.43. The molecule has 0 heterocycles. The second kappa shape index (κ2) is 3.67. The van der Waals surface area contributed by atoms with E-state index < -0.39 is 6.10 Å². The molecule has 0 aromatic carbocycles. The van der Waals surface area contributed by atoms with Gasteiger partial charge in [-0.05, 0) is 27.2 Å². The number of allylic oxidation sites excluding steroid dienone is 1. The molecule has 1 heteroatoms. The Kier molecular flexibility index (Phi) is 3.53. The van der Waals surface area contributed by atoms with E-state index in [1.54, 1.807) is 0 Å². The van der Waals surface area contributed by atoms with Crippen molar-refractivity contribution in [2.24, 2.45) is 0 Å². The highest BCUT2D eigenvalue weighted by molar-refractivity contribution is 4.94. The Hall–Kier alpha value is -0.300. The van der Waals surface area contributed by atoms with Gasteiger partial charge in [0.2, 0.25) is 0 Å². The summed E-state index contributed by atoms with van der Waals surface area (Å²) < 4.78 is 0. The van der Waals surface area contributed by atoms with Gasteiger partial charge in [-0.2, -0.15) is 0 Å². The quantitative estimate of drug-likeness (QED) is 0.538. The highest BCUT2D eigenvalue weighted by Crippen LogP contribution is 1.95. The third kappa shape index (κ3) is 5.70. The van der Waals surface area contributed by atoms with Gasteiger partial charge in [-0.25, -0.2) is 0 Å². The smallest absolute Gasteiger partial charge is 0.0575 e. The molecule has 0 rings (SSSR count). The van der Waals surface area contributed by atoms with Crippen LogP contribution < -0.4 is 0 Å². The van der Waals surface area contributed by atoms with Gasteiger partial charge in [-0.15, -0.1) is 0 Å². The van der Waals surface area contributed by atoms with E-state index >= 15 is 0 Å². The highest BCUT2D eigenvalue weighted by atomic mass is 16.3. The zero-order valence-electron chi connectivity index (χ0n) is 5.52. The van der Waals surface area contributed by atoms with Crippen molar-refractivity contribution in [3.63, 3.8) is 0 Å². The second-order valence-electron chi connectivity index (χ2n) is 2.17. The third-order valence-electron chi connectivity index (χ3n) is 0.798. The van der Waals surface area contributed by atoms with E-state index in [4.69, 9.17) is 5.11 Å². The van der Waals surface area contributed by atoms with Crippen LogP contribution in [0.5, 0.6) is 0 Å². The first-order chi connectivity index (χ1) is 3.63. The summed E-state index contributed by atoms with van der Waals surface area (Å²) in [5.74, 6) is 0. The average Bonchev–Trinajstić information content (AvgIpc) is 1.61. The molecule has 0 aliphatic rings. The van der Waals surface area contributed by atoms with E-state index in [1.165, 1.54) is 5.57 Å². The minimum absolute atomic E-state index is 0.440. The van der Waals surface area contributed by atoms with Crippen molar-refractivity contribution in [1.29, 1.82) is 0 Å². The Morgan fingerprint density at radius 3 is 2.38 bits per heavy atom. The van der Waals surface area contributed by atoms with Gasteiger partial charge in [-0.1, -0.05) is 11.6 Å². The lowest BCUT2D eigenvalue weighted by Crippen LogP contribution is -1.96. The van der Waals surface area contributed by atoms with Crippen molar-refractivity contribution >= 4 is 0 Å². The van der Waals surface area contributed by atoms with Crippen molar-refractivity contribution < 1.29 is 5.11 Å². The molecule has 0 aliphatic heterocycles. The topological polar surface area (TPSA) is 20.2 Å². The van der Waals surface area contributed by atoms with E-state index in [0.717, 1.165) is 0 Å². The maximum Gasteiger partial charge on any atom is 0.0575 e. The van der Waals surface area contributed by atoms with Crippen molar-refractivity contribution in [3.8, 4) is 0 Å². The summed E-state index contributed by atoms with van der Waals surface area (Å²) >= 11 is 0. The molecule has 1 unspecified atom stereocenters. The van der Waals surface area contributed by atoms with Gasteiger partial charge in [0, 0.05) is 0 Å². The molecule has 0 fully saturated rings.